The second-order valence-corrected chi connectivity index (χ2v) is 8.38. The number of anilines is 1. The highest BCUT2D eigenvalue weighted by atomic mass is 32.2. The largest absolute Gasteiger partial charge is 0.374 e. The van der Waals surface area contributed by atoms with E-state index in [0.29, 0.717) is 0 Å². The molecule has 0 radical (unpaired) electrons. The predicted molar refractivity (Wildman–Crippen MR) is 70.7 cm³/mol. The fourth-order valence-corrected chi connectivity index (χ4v) is 4.47. The van der Waals surface area contributed by atoms with Gasteiger partial charge in [-0.25, -0.2) is 13.1 Å². The lowest BCUT2D eigenvalue weighted by Gasteiger charge is -2.35. The molecular formula is C10H18N4O2S2. The highest BCUT2D eigenvalue weighted by Gasteiger charge is 2.31. The first-order valence-electron chi connectivity index (χ1n) is 5.90. The van der Waals surface area contributed by atoms with Crippen LogP contribution in [-0.2, 0) is 10.0 Å². The molecule has 1 atom stereocenters. The molecule has 1 aromatic heterocycles. The first-order valence-corrected chi connectivity index (χ1v) is 8.20. The molecule has 1 aliphatic carbocycles. The molecule has 1 unspecified atom stereocenters. The lowest BCUT2D eigenvalue weighted by molar-refractivity contribution is 0.212. The van der Waals surface area contributed by atoms with Gasteiger partial charge < -0.3 is 5.73 Å². The molecular weight excluding hydrogens is 272 g/mol. The van der Waals surface area contributed by atoms with Crippen LogP contribution in [0.15, 0.2) is 4.34 Å². The average Bonchev–Trinajstić information content (AvgIpc) is 2.63. The quantitative estimate of drug-likeness (QED) is 0.876. The first-order chi connectivity index (χ1) is 8.28. The van der Waals surface area contributed by atoms with E-state index in [4.69, 9.17) is 5.73 Å². The van der Waals surface area contributed by atoms with E-state index < -0.39 is 10.0 Å². The zero-order valence-electron chi connectivity index (χ0n) is 10.5. The van der Waals surface area contributed by atoms with Crippen LogP contribution in [-0.4, -0.2) is 24.7 Å². The van der Waals surface area contributed by atoms with Crippen molar-refractivity contribution < 1.29 is 8.42 Å². The number of nitrogen functional groups attached to an aromatic ring is 1. The van der Waals surface area contributed by atoms with Crippen LogP contribution in [0.3, 0.4) is 0 Å². The number of hydrogen-bond donors (Lipinski definition) is 2. The Balaban J connectivity index is 2.09. The molecule has 102 valence electrons. The van der Waals surface area contributed by atoms with Crippen molar-refractivity contribution in [3.63, 3.8) is 0 Å². The molecule has 2 rings (SSSR count). The number of rotatable bonds is 3. The van der Waals surface area contributed by atoms with E-state index in [1.54, 1.807) is 0 Å². The second-order valence-electron chi connectivity index (χ2n) is 5.48. The molecule has 1 aromatic rings. The van der Waals surface area contributed by atoms with Crippen LogP contribution in [0.4, 0.5) is 5.13 Å². The summed E-state index contributed by atoms with van der Waals surface area (Å²) < 4.78 is 26.8. The van der Waals surface area contributed by atoms with Crippen molar-refractivity contribution in [3.05, 3.63) is 0 Å². The third-order valence-electron chi connectivity index (χ3n) is 3.18. The van der Waals surface area contributed by atoms with Gasteiger partial charge in [0.15, 0.2) is 0 Å². The number of nitrogens with zero attached hydrogens (tertiary/aromatic N) is 2. The Morgan fingerprint density at radius 2 is 2.17 bits per heavy atom. The average molecular weight is 290 g/mol. The summed E-state index contributed by atoms with van der Waals surface area (Å²) in [6.45, 7) is 4.33. The van der Waals surface area contributed by atoms with Gasteiger partial charge in [-0.15, -0.1) is 10.2 Å². The topological polar surface area (TPSA) is 98.0 Å². The molecule has 0 spiro atoms. The summed E-state index contributed by atoms with van der Waals surface area (Å²) in [6, 6.07) is -0.0242. The fourth-order valence-electron chi connectivity index (χ4n) is 2.40. The van der Waals surface area contributed by atoms with Gasteiger partial charge in [0.25, 0.3) is 10.0 Å². The number of hydrogen-bond acceptors (Lipinski definition) is 6. The van der Waals surface area contributed by atoms with E-state index in [1.807, 2.05) is 0 Å². The van der Waals surface area contributed by atoms with E-state index in [-0.39, 0.29) is 20.9 Å². The number of nitrogens with one attached hydrogen (secondary N) is 1. The SMILES string of the molecule is CC1(C)CCCC(NS(=O)(=O)c2nnc(N)s2)C1. The minimum absolute atomic E-state index is 0.0242. The maximum Gasteiger partial charge on any atom is 0.270 e. The summed E-state index contributed by atoms with van der Waals surface area (Å²) in [4.78, 5) is 0. The van der Waals surface area contributed by atoms with Crippen molar-refractivity contribution in [2.45, 2.75) is 49.9 Å². The Hall–Kier alpha value is -0.730. The maximum absolute atomic E-state index is 12.1. The molecule has 1 heterocycles. The first kappa shape index (κ1) is 13.7. The van der Waals surface area contributed by atoms with Crippen molar-refractivity contribution >= 4 is 26.5 Å². The van der Waals surface area contributed by atoms with Gasteiger partial charge in [0.1, 0.15) is 0 Å². The summed E-state index contributed by atoms with van der Waals surface area (Å²) >= 11 is 0.888. The van der Waals surface area contributed by atoms with Gasteiger partial charge in [0.05, 0.1) is 0 Å². The summed E-state index contributed by atoms with van der Waals surface area (Å²) in [5.41, 5.74) is 5.59. The molecule has 0 saturated heterocycles. The molecule has 1 saturated carbocycles. The Kier molecular flexibility index (Phi) is 3.61. The van der Waals surface area contributed by atoms with Crippen molar-refractivity contribution in [1.29, 1.82) is 0 Å². The third kappa shape index (κ3) is 3.18. The lowest BCUT2D eigenvalue weighted by atomic mass is 9.75. The van der Waals surface area contributed by atoms with Crippen LogP contribution in [0.1, 0.15) is 39.5 Å². The van der Waals surface area contributed by atoms with E-state index >= 15 is 0 Å². The molecule has 0 aliphatic heterocycles. The summed E-state index contributed by atoms with van der Waals surface area (Å²) in [7, 11) is -3.57. The Labute approximate surface area is 111 Å². The fraction of sp³-hybridized carbons (Fsp3) is 0.800. The molecule has 1 fully saturated rings. The zero-order chi connectivity index (χ0) is 13.4. The molecule has 0 aromatic carbocycles. The van der Waals surface area contributed by atoms with Crippen molar-refractivity contribution in [2.75, 3.05) is 5.73 Å². The van der Waals surface area contributed by atoms with E-state index in [1.165, 1.54) is 0 Å². The lowest BCUT2D eigenvalue weighted by Crippen LogP contribution is -2.40. The minimum Gasteiger partial charge on any atom is -0.374 e. The highest BCUT2D eigenvalue weighted by molar-refractivity contribution is 7.91. The van der Waals surface area contributed by atoms with E-state index in [0.717, 1.165) is 37.0 Å². The van der Waals surface area contributed by atoms with Gasteiger partial charge in [0, 0.05) is 6.04 Å². The molecule has 1 aliphatic rings. The van der Waals surface area contributed by atoms with Crippen molar-refractivity contribution in [2.24, 2.45) is 5.41 Å². The highest BCUT2D eigenvalue weighted by Crippen LogP contribution is 2.35. The second kappa shape index (κ2) is 4.75. The summed E-state index contributed by atoms with van der Waals surface area (Å²) in [6.07, 6.45) is 3.90. The standard InChI is InChI=1S/C10H18N4O2S2/c1-10(2)5-3-4-7(6-10)14-18(15,16)9-13-12-8(11)17-9/h7,14H,3-6H2,1-2H3,(H2,11,12). The maximum atomic E-state index is 12.1. The van der Waals surface area contributed by atoms with Gasteiger partial charge in [-0.3, -0.25) is 0 Å². The predicted octanol–water partition coefficient (Wildman–Crippen LogP) is 1.37. The smallest absolute Gasteiger partial charge is 0.270 e. The van der Waals surface area contributed by atoms with Gasteiger partial charge in [-0.2, -0.15) is 0 Å². The van der Waals surface area contributed by atoms with Crippen molar-refractivity contribution in [1.82, 2.24) is 14.9 Å². The summed E-state index contributed by atoms with van der Waals surface area (Å²) in [5, 5.41) is 7.28. The molecule has 0 bridgehead atoms. The molecule has 18 heavy (non-hydrogen) atoms. The van der Waals surface area contributed by atoms with Crippen LogP contribution in [0.25, 0.3) is 0 Å². The van der Waals surface area contributed by atoms with Gasteiger partial charge in [0.2, 0.25) is 9.47 Å². The number of sulfonamides is 1. The van der Waals surface area contributed by atoms with Gasteiger partial charge in [-0.1, -0.05) is 31.6 Å². The van der Waals surface area contributed by atoms with Crippen molar-refractivity contribution in [3.8, 4) is 0 Å². The molecule has 3 N–H and O–H groups in total. The normalized spacial score (nSPS) is 24.0. The van der Waals surface area contributed by atoms with E-state index in [2.05, 4.69) is 28.8 Å². The molecule has 6 nitrogen and oxygen atoms in total. The molecule has 0 amide bonds. The van der Waals surface area contributed by atoms with Gasteiger partial charge >= 0.3 is 0 Å². The Bertz CT molecular complexity index is 524. The zero-order valence-corrected chi connectivity index (χ0v) is 12.1. The summed E-state index contributed by atoms with van der Waals surface area (Å²) in [5.74, 6) is 0. The third-order valence-corrected chi connectivity index (χ3v) is 5.82. The van der Waals surface area contributed by atoms with Crippen LogP contribution in [0.5, 0.6) is 0 Å². The monoisotopic (exact) mass is 290 g/mol. The van der Waals surface area contributed by atoms with Crippen LogP contribution < -0.4 is 10.5 Å². The number of nitrogens with two attached hydrogens (primary N) is 1. The number of aromatic nitrogens is 2. The minimum atomic E-state index is -3.57. The van der Waals surface area contributed by atoms with Crippen LogP contribution >= 0.6 is 11.3 Å². The van der Waals surface area contributed by atoms with Crippen LogP contribution in [0.2, 0.25) is 0 Å². The molecule has 8 heteroatoms. The Morgan fingerprint density at radius 1 is 1.44 bits per heavy atom. The van der Waals surface area contributed by atoms with Crippen LogP contribution in [0, 0.1) is 5.41 Å². The van der Waals surface area contributed by atoms with E-state index in [9.17, 15) is 8.42 Å². The Morgan fingerprint density at radius 3 is 2.72 bits per heavy atom. The van der Waals surface area contributed by atoms with Gasteiger partial charge in [-0.05, 0) is 24.7 Å².